The van der Waals surface area contributed by atoms with Crippen molar-refractivity contribution in [3.63, 3.8) is 0 Å². The number of H-pyrrole nitrogens is 1. The number of hydrogen-bond acceptors (Lipinski definition) is 3. The molecule has 20 heavy (non-hydrogen) atoms. The molecule has 1 aromatic carbocycles. The fourth-order valence-corrected chi connectivity index (χ4v) is 2.14. The number of aryl methyl sites for hydroxylation is 3. The number of nitrogens with one attached hydrogen (secondary N) is 2. The molecule has 0 spiro atoms. The van der Waals surface area contributed by atoms with Gasteiger partial charge in [0, 0.05) is 5.56 Å². The number of anilines is 1. The molecule has 0 bridgehead atoms. The van der Waals surface area contributed by atoms with E-state index in [2.05, 4.69) is 15.5 Å². The number of carbonyl (C=O) groups is 1. The Hall–Kier alpha value is -2.30. The van der Waals surface area contributed by atoms with E-state index in [9.17, 15) is 4.79 Å². The van der Waals surface area contributed by atoms with Crippen LogP contribution in [0.4, 0.5) is 5.69 Å². The van der Waals surface area contributed by atoms with Crippen LogP contribution in [0.3, 0.4) is 0 Å². The summed E-state index contributed by atoms with van der Waals surface area (Å²) in [6.45, 7) is 5.72. The highest BCUT2D eigenvalue weighted by atomic mass is 16.5. The number of nitrogens with zero attached hydrogens (tertiary/aromatic N) is 1. The van der Waals surface area contributed by atoms with E-state index >= 15 is 0 Å². The predicted molar refractivity (Wildman–Crippen MR) is 78.1 cm³/mol. The number of amides is 1. The molecule has 1 aromatic heterocycles. The largest absolute Gasteiger partial charge is 0.496 e. The van der Waals surface area contributed by atoms with Gasteiger partial charge in [0.05, 0.1) is 30.6 Å². The molecule has 0 aliphatic rings. The average molecular weight is 273 g/mol. The van der Waals surface area contributed by atoms with Crippen LogP contribution < -0.4 is 10.1 Å². The maximum Gasteiger partial charge on any atom is 0.229 e. The number of ether oxygens (including phenoxy) is 1. The Balaban J connectivity index is 2.14. The Bertz CT molecular complexity index is 613. The van der Waals surface area contributed by atoms with Crippen molar-refractivity contribution in [3.8, 4) is 5.75 Å². The molecule has 0 aliphatic heterocycles. The number of rotatable bonds is 4. The van der Waals surface area contributed by atoms with E-state index in [0.29, 0.717) is 0 Å². The number of methoxy groups -OCH3 is 1. The molecule has 2 N–H and O–H groups in total. The second kappa shape index (κ2) is 5.77. The monoisotopic (exact) mass is 273 g/mol. The zero-order chi connectivity index (χ0) is 14.7. The van der Waals surface area contributed by atoms with Crippen molar-refractivity contribution in [3.05, 3.63) is 40.7 Å². The summed E-state index contributed by atoms with van der Waals surface area (Å²) >= 11 is 0. The molecule has 2 rings (SSSR count). The molecule has 5 nitrogen and oxygen atoms in total. The van der Waals surface area contributed by atoms with E-state index < -0.39 is 0 Å². The van der Waals surface area contributed by atoms with E-state index in [4.69, 9.17) is 4.74 Å². The number of hydrogen-bond donors (Lipinski definition) is 2. The lowest BCUT2D eigenvalue weighted by Gasteiger charge is -2.10. The average Bonchev–Trinajstić information content (AvgIpc) is 2.71. The normalized spacial score (nSPS) is 10.4. The summed E-state index contributed by atoms with van der Waals surface area (Å²) in [6, 6.07) is 5.81. The zero-order valence-corrected chi connectivity index (χ0v) is 12.2. The number of benzene rings is 1. The zero-order valence-electron chi connectivity index (χ0n) is 12.2. The minimum atomic E-state index is -0.0819. The van der Waals surface area contributed by atoms with Crippen LogP contribution >= 0.6 is 0 Å². The summed E-state index contributed by atoms with van der Waals surface area (Å²) in [5, 5.41) is 9.80. The van der Waals surface area contributed by atoms with Crippen molar-refractivity contribution >= 4 is 11.6 Å². The topological polar surface area (TPSA) is 67.0 Å². The molecule has 0 aliphatic carbocycles. The molecule has 0 radical (unpaired) electrons. The quantitative estimate of drug-likeness (QED) is 0.899. The maximum atomic E-state index is 12.2. The van der Waals surface area contributed by atoms with Crippen LogP contribution in [0.15, 0.2) is 18.2 Å². The molecule has 2 aromatic rings. The first-order valence-corrected chi connectivity index (χ1v) is 6.46. The lowest BCUT2D eigenvalue weighted by Crippen LogP contribution is -2.16. The molecule has 1 heterocycles. The van der Waals surface area contributed by atoms with Crippen molar-refractivity contribution < 1.29 is 9.53 Å². The van der Waals surface area contributed by atoms with Gasteiger partial charge in [0.1, 0.15) is 5.75 Å². The van der Waals surface area contributed by atoms with Crippen molar-refractivity contribution in [2.75, 3.05) is 12.4 Å². The summed E-state index contributed by atoms with van der Waals surface area (Å²) in [7, 11) is 1.61. The summed E-state index contributed by atoms with van der Waals surface area (Å²) in [6.07, 6.45) is 0.273. The molecule has 0 atom stereocenters. The molecular weight excluding hydrogens is 254 g/mol. The minimum Gasteiger partial charge on any atom is -0.496 e. The standard InChI is InChI=1S/C15H19N3O2/c1-9-5-6-13(20-4)12(7-9)8-14(19)16-15-10(2)17-18-11(15)3/h5-7H,8H2,1-4H3,(H,16,19)(H,17,18). The van der Waals surface area contributed by atoms with E-state index in [1.807, 2.05) is 39.0 Å². The molecular formula is C15H19N3O2. The fraction of sp³-hybridized carbons (Fsp3) is 0.333. The smallest absolute Gasteiger partial charge is 0.229 e. The van der Waals surface area contributed by atoms with Gasteiger partial charge >= 0.3 is 0 Å². The fourth-order valence-electron chi connectivity index (χ4n) is 2.14. The number of aromatic nitrogens is 2. The number of carbonyl (C=O) groups excluding carboxylic acids is 1. The van der Waals surface area contributed by atoms with Crippen molar-refractivity contribution in [1.29, 1.82) is 0 Å². The van der Waals surface area contributed by atoms with Crippen LogP contribution in [0.25, 0.3) is 0 Å². The van der Waals surface area contributed by atoms with E-state index in [1.54, 1.807) is 7.11 Å². The minimum absolute atomic E-state index is 0.0819. The molecule has 0 saturated heterocycles. The van der Waals surface area contributed by atoms with Crippen LogP contribution in [0.1, 0.15) is 22.5 Å². The van der Waals surface area contributed by atoms with Crippen molar-refractivity contribution in [2.45, 2.75) is 27.2 Å². The maximum absolute atomic E-state index is 12.2. The van der Waals surface area contributed by atoms with Gasteiger partial charge < -0.3 is 10.1 Å². The molecule has 106 valence electrons. The van der Waals surface area contributed by atoms with Crippen LogP contribution in [-0.4, -0.2) is 23.2 Å². The molecule has 0 fully saturated rings. The summed E-state index contributed by atoms with van der Waals surface area (Å²) in [5.74, 6) is 0.646. The molecule has 0 saturated carbocycles. The summed E-state index contributed by atoms with van der Waals surface area (Å²) < 4.78 is 5.29. The Morgan fingerprint density at radius 2 is 2.10 bits per heavy atom. The van der Waals surface area contributed by atoms with Gasteiger partial charge in [-0.05, 0) is 26.8 Å². The molecule has 5 heteroatoms. The lowest BCUT2D eigenvalue weighted by molar-refractivity contribution is -0.115. The highest BCUT2D eigenvalue weighted by molar-refractivity contribution is 5.93. The lowest BCUT2D eigenvalue weighted by atomic mass is 10.1. The molecule has 0 unspecified atom stereocenters. The van der Waals surface area contributed by atoms with Crippen molar-refractivity contribution in [2.24, 2.45) is 0 Å². The highest BCUT2D eigenvalue weighted by Crippen LogP contribution is 2.21. The van der Waals surface area contributed by atoms with E-state index in [1.165, 1.54) is 0 Å². The Morgan fingerprint density at radius 1 is 1.35 bits per heavy atom. The highest BCUT2D eigenvalue weighted by Gasteiger charge is 2.13. The first-order valence-electron chi connectivity index (χ1n) is 6.46. The second-order valence-electron chi connectivity index (χ2n) is 4.85. The third kappa shape index (κ3) is 2.99. The first kappa shape index (κ1) is 14.1. The van der Waals surface area contributed by atoms with Crippen LogP contribution in [-0.2, 0) is 11.2 Å². The SMILES string of the molecule is COc1ccc(C)cc1CC(=O)Nc1c(C)n[nH]c1C. The van der Waals surface area contributed by atoms with Gasteiger partial charge in [-0.25, -0.2) is 0 Å². The Morgan fingerprint density at radius 3 is 2.70 bits per heavy atom. The van der Waals surface area contributed by atoms with Gasteiger partial charge in [-0.2, -0.15) is 5.10 Å². The van der Waals surface area contributed by atoms with E-state index in [0.717, 1.165) is 34.0 Å². The molecule has 1 amide bonds. The van der Waals surface area contributed by atoms with Gasteiger partial charge in [0.15, 0.2) is 0 Å². The van der Waals surface area contributed by atoms with E-state index in [-0.39, 0.29) is 12.3 Å². The third-order valence-corrected chi connectivity index (χ3v) is 3.18. The third-order valence-electron chi connectivity index (χ3n) is 3.18. The van der Waals surface area contributed by atoms with Gasteiger partial charge in [0.25, 0.3) is 0 Å². The predicted octanol–water partition coefficient (Wildman–Crippen LogP) is 2.52. The van der Waals surface area contributed by atoms with Gasteiger partial charge in [-0.3, -0.25) is 9.89 Å². The summed E-state index contributed by atoms with van der Waals surface area (Å²) in [5.41, 5.74) is 4.37. The van der Waals surface area contributed by atoms with Crippen molar-refractivity contribution in [1.82, 2.24) is 10.2 Å². The van der Waals surface area contributed by atoms with Crippen LogP contribution in [0, 0.1) is 20.8 Å². The number of aromatic amines is 1. The Kier molecular flexibility index (Phi) is 4.08. The van der Waals surface area contributed by atoms with Crippen LogP contribution in [0.2, 0.25) is 0 Å². The van der Waals surface area contributed by atoms with Gasteiger partial charge in [-0.15, -0.1) is 0 Å². The summed E-state index contributed by atoms with van der Waals surface area (Å²) in [4.78, 5) is 12.2. The van der Waals surface area contributed by atoms with Crippen LogP contribution in [0.5, 0.6) is 5.75 Å². The Labute approximate surface area is 118 Å². The van der Waals surface area contributed by atoms with Gasteiger partial charge in [-0.1, -0.05) is 17.7 Å². The first-order chi connectivity index (χ1) is 9.51. The second-order valence-corrected chi connectivity index (χ2v) is 4.85. The van der Waals surface area contributed by atoms with Gasteiger partial charge in [0.2, 0.25) is 5.91 Å².